The summed E-state index contributed by atoms with van der Waals surface area (Å²) in [7, 11) is 0. The molecule has 1 heterocycles. The van der Waals surface area contributed by atoms with Gasteiger partial charge in [0.25, 0.3) is 0 Å². The molecule has 0 aliphatic carbocycles. The summed E-state index contributed by atoms with van der Waals surface area (Å²) in [6.45, 7) is 4.04. The topological polar surface area (TPSA) is 24.9 Å². The van der Waals surface area contributed by atoms with Crippen molar-refractivity contribution >= 4 is 5.82 Å². The predicted octanol–water partition coefficient (Wildman–Crippen LogP) is 3.70. The molecule has 1 rings (SSSR count). The second kappa shape index (κ2) is 5.18. The first-order chi connectivity index (χ1) is 7.47. The van der Waals surface area contributed by atoms with Gasteiger partial charge in [-0.3, -0.25) is 0 Å². The van der Waals surface area contributed by atoms with Crippen LogP contribution in [0.15, 0.2) is 18.3 Å². The highest BCUT2D eigenvalue weighted by Gasteiger charge is 2.30. The average molecular weight is 232 g/mol. The molecule has 0 amide bonds. The third-order valence-corrected chi connectivity index (χ3v) is 2.43. The Kier molecular flexibility index (Phi) is 4.15. The molecule has 1 aromatic rings. The summed E-state index contributed by atoms with van der Waals surface area (Å²) >= 11 is 0. The van der Waals surface area contributed by atoms with E-state index in [1.165, 1.54) is 6.07 Å². The maximum Gasteiger partial charge on any atom is 0.417 e. The summed E-state index contributed by atoms with van der Waals surface area (Å²) in [6.07, 6.45) is -1.64. The van der Waals surface area contributed by atoms with Crippen LogP contribution in [0.2, 0.25) is 0 Å². The van der Waals surface area contributed by atoms with Crippen LogP contribution >= 0.6 is 0 Å². The number of nitrogens with one attached hydrogen (secondary N) is 1. The number of anilines is 1. The molecule has 2 nitrogen and oxygen atoms in total. The van der Waals surface area contributed by atoms with Crippen LogP contribution in [0.5, 0.6) is 0 Å². The van der Waals surface area contributed by atoms with E-state index in [4.69, 9.17) is 0 Å². The SMILES string of the molecule is CCC(CC)Nc1ccc(C(F)(F)F)cn1. The van der Waals surface area contributed by atoms with Crippen LogP contribution < -0.4 is 5.32 Å². The van der Waals surface area contributed by atoms with Gasteiger partial charge in [0, 0.05) is 12.2 Å². The van der Waals surface area contributed by atoms with Crippen LogP contribution in [-0.2, 0) is 6.18 Å². The largest absolute Gasteiger partial charge is 0.417 e. The van der Waals surface area contributed by atoms with Crippen molar-refractivity contribution in [3.63, 3.8) is 0 Å². The van der Waals surface area contributed by atoms with Gasteiger partial charge < -0.3 is 5.32 Å². The minimum Gasteiger partial charge on any atom is -0.367 e. The molecule has 0 saturated carbocycles. The summed E-state index contributed by atoms with van der Waals surface area (Å²) in [5.41, 5.74) is -0.720. The van der Waals surface area contributed by atoms with Gasteiger partial charge in [-0.05, 0) is 25.0 Å². The average Bonchev–Trinajstić information content (AvgIpc) is 2.25. The second-order valence-corrected chi connectivity index (χ2v) is 3.59. The minimum absolute atomic E-state index is 0.254. The number of hydrogen-bond acceptors (Lipinski definition) is 2. The molecule has 0 radical (unpaired) electrons. The van der Waals surface area contributed by atoms with E-state index in [1.54, 1.807) is 0 Å². The maximum absolute atomic E-state index is 12.3. The molecule has 0 aromatic carbocycles. The van der Waals surface area contributed by atoms with Crippen LogP contribution in [0.25, 0.3) is 0 Å². The second-order valence-electron chi connectivity index (χ2n) is 3.59. The van der Waals surface area contributed by atoms with Crippen molar-refractivity contribution < 1.29 is 13.2 Å². The summed E-state index contributed by atoms with van der Waals surface area (Å²) in [5.74, 6) is 0.488. The Hall–Kier alpha value is -1.26. The lowest BCUT2D eigenvalue weighted by Crippen LogP contribution is -2.18. The zero-order valence-corrected chi connectivity index (χ0v) is 9.30. The van der Waals surface area contributed by atoms with Crippen LogP contribution in [0, 0.1) is 0 Å². The summed E-state index contributed by atoms with van der Waals surface area (Å²) in [5, 5.41) is 3.08. The van der Waals surface area contributed by atoms with E-state index in [9.17, 15) is 13.2 Å². The molecular weight excluding hydrogens is 217 g/mol. The lowest BCUT2D eigenvalue weighted by atomic mass is 10.2. The number of pyridine rings is 1. The Morgan fingerprint density at radius 3 is 2.25 bits per heavy atom. The van der Waals surface area contributed by atoms with E-state index in [1.807, 2.05) is 13.8 Å². The third-order valence-electron chi connectivity index (χ3n) is 2.43. The van der Waals surface area contributed by atoms with Gasteiger partial charge in [0.2, 0.25) is 0 Å². The van der Waals surface area contributed by atoms with Gasteiger partial charge >= 0.3 is 6.18 Å². The molecule has 0 aliphatic heterocycles. The quantitative estimate of drug-likeness (QED) is 0.856. The monoisotopic (exact) mass is 232 g/mol. The predicted molar refractivity (Wildman–Crippen MR) is 57.2 cm³/mol. The minimum atomic E-state index is -4.32. The molecule has 1 aromatic heterocycles. The normalized spacial score (nSPS) is 11.9. The first-order valence-electron chi connectivity index (χ1n) is 5.27. The fraction of sp³-hybridized carbons (Fsp3) is 0.545. The Bertz CT molecular complexity index is 315. The van der Waals surface area contributed by atoms with Gasteiger partial charge in [0.1, 0.15) is 5.82 Å². The van der Waals surface area contributed by atoms with Crippen LogP contribution in [0.3, 0.4) is 0 Å². The molecule has 0 fully saturated rings. The molecule has 0 spiro atoms. The number of hydrogen-bond donors (Lipinski definition) is 1. The van der Waals surface area contributed by atoms with Crippen LogP contribution in [-0.4, -0.2) is 11.0 Å². The van der Waals surface area contributed by atoms with Gasteiger partial charge in [-0.25, -0.2) is 4.98 Å². The molecule has 1 N–H and O–H groups in total. The van der Waals surface area contributed by atoms with Gasteiger partial charge in [0.05, 0.1) is 5.56 Å². The van der Waals surface area contributed by atoms with Crippen LogP contribution in [0.1, 0.15) is 32.3 Å². The van der Waals surface area contributed by atoms with Gasteiger partial charge in [-0.15, -0.1) is 0 Å². The van der Waals surface area contributed by atoms with E-state index >= 15 is 0 Å². The van der Waals surface area contributed by atoms with Crippen molar-refractivity contribution in [2.45, 2.75) is 38.9 Å². The van der Waals surface area contributed by atoms with E-state index in [2.05, 4.69) is 10.3 Å². The molecule has 0 aliphatic rings. The standard InChI is InChI=1S/C11H15F3N2/c1-3-9(4-2)16-10-6-5-8(7-15-10)11(12,13)14/h5-7,9H,3-4H2,1-2H3,(H,15,16). The molecular formula is C11H15F3N2. The Labute approximate surface area is 92.9 Å². The van der Waals surface area contributed by atoms with E-state index in [0.717, 1.165) is 25.1 Å². The molecule has 90 valence electrons. The number of aromatic nitrogens is 1. The van der Waals surface area contributed by atoms with E-state index < -0.39 is 11.7 Å². The highest BCUT2D eigenvalue weighted by molar-refractivity contribution is 5.37. The number of halogens is 3. The Morgan fingerprint density at radius 1 is 1.25 bits per heavy atom. The highest BCUT2D eigenvalue weighted by atomic mass is 19.4. The molecule has 5 heteroatoms. The fourth-order valence-corrected chi connectivity index (χ4v) is 1.35. The van der Waals surface area contributed by atoms with Crippen molar-refractivity contribution in [2.24, 2.45) is 0 Å². The Balaban J connectivity index is 2.72. The number of rotatable bonds is 4. The van der Waals surface area contributed by atoms with Gasteiger partial charge in [0.15, 0.2) is 0 Å². The lowest BCUT2D eigenvalue weighted by Gasteiger charge is -2.15. The molecule has 16 heavy (non-hydrogen) atoms. The summed E-state index contributed by atoms with van der Waals surface area (Å²) in [4.78, 5) is 3.75. The summed E-state index contributed by atoms with van der Waals surface area (Å²) < 4.78 is 36.8. The summed E-state index contributed by atoms with van der Waals surface area (Å²) in [6, 6.07) is 2.66. The molecule has 0 atom stereocenters. The van der Waals surface area contributed by atoms with Crippen molar-refractivity contribution in [1.29, 1.82) is 0 Å². The molecule has 0 unspecified atom stereocenters. The van der Waals surface area contributed by atoms with Gasteiger partial charge in [-0.1, -0.05) is 13.8 Å². The zero-order valence-electron chi connectivity index (χ0n) is 9.30. The smallest absolute Gasteiger partial charge is 0.367 e. The number of alkyl halides is 3. The van der Waals surface area contributed by atoms with Crippen LogP contribution in [0.4, 0.5) is 19.0 Å². The fourth-order valence-electron chi connectivity index (χ4n) is 1.35. The van der Waals surface area contributed by atoms with E-state index in [-0.39, 0.29) is 6.04 Å². The molecule has 0 bridgehead atoms. The third kappa shape index (κ3) is 3.40. The maximum atomic E-state index is 12.3. The zero-order chi connectivity index (χ0) is 12.2. The first kappa shape index (κ1) is 12.8. The van der Waals surface area contributed by atoms with Gasteiger partial charge in [-0.2, -0.15) is 13.2 Å². The first-order valence-corrected chi connectivity index (χ1v) is 5.27. The van der Waals surface area contributed by atoms with E-state index in [0.29, 0.717) is 5.82 Å². The molecule has 0 saturated heterocycles. The van der Waals surface area contributed by atoms with Crippen molar-refractivity contribution in [1.82, 2.24) is 4.98 Å². The highest BCUT2D eigenvalue weighted by Crippen LogP contribution is 2.28. The Morgan fingerprint density at radius 2 is 1.88 bits per heavy atom. The van der Waals surface area contributed by atoms with Crippen molar-refractivity contribution in [3.05, 3.63) is 23.9 Å². The van der Waals surface area contributed by atoms with Crippen molar-refractivity contribution in [2.75, 3.05) is 5.32 Å². The van der Waals surface area contributed by atoms with Crippen molar-refractivity contribution in [3.8, 4) is 0 Å². The lowest BCUT2D eigenvalue weighted by molar-refractivity contribution is -0.137. The number of nitrogens with zero attached hydrogens (tertiary/aromatic N) is 1.